The average Bonchev–Trinajstić information content (AvgIpc) is 3.06. The summed E-state index contributed by atoms with van der Waals surface area (Å²) in [4.78, 5) is 12.6. The van der Waals surface area contributed by atoms with Gasteiger partial charge in [-0.2, -0.15) is 10.2 Å². The van der Waals surface area contributed by atoms with Gasteiger partial charge in [-0.3, -0.25) is 4.79 Å². The Morgan fingerprint density at radius 2 is 1.65 bits per heavy atom. The van der Waals surface area contributed by atoms with Crippen LogP contribution in [0.2, 0.25) is 0 Å². The number of benzene rings is 2. The molecule has 0 fully saturated rings. The van der Waals surface area contributed by atoms with Crippen LogP contribution in [0.5, 0.6) is 0 Å². The molecule has 0 saturated carbocycles. The molecule has 2 aromatic heterocycles. The lowest BCUT2D eigenvalue weighted by atomic mass is 10.1. The Kier molecular flexibility index (Phi) is 3.80. The standard InChI is InChI=1S/C18H11F3N4O/c19-13-3-1-11(2-4-13)16-8-17-18(26)24(22-10-25(17)23-16)9-12-7-14(20)5-6-15(12)21/h1-8,10H,9H2. The normalized spacial score (nSPS) is 11.2. The molecule has 4 aromatic rings. The van der Waals surface area contributed by atoms with Gasteiger partial charge in [0.05, 0.1) is 12.2 Å². The number of hydrogen-bond acceptors (Lipinski definition) is 3. The van der Waals surface area contributed by atoms with Crippen molar-refractivity contribution in [3.63, 3.8) is 0 Å². The SMILES string of the molecule is O=c1c2cc(-c3ccc(F)cc3)nn2cnn1Cc1cc(F)ccc1F. The van der Waals surface area contributed by atoms with E-state index in [9.17, 15) is 18.0 Å². The molecule has 0 unspecified atom stereocenters. The summed E-state index contributed by atoms with van der Waals surface area (Å²) in [6.07, 6.45) is 1.31. The monoisotopic (exact) mass is 356 g/mol. The van der Waals surface area contributed by atoms with Gasteiger partial charge >= 0.3 is 0 Å². The molecular formula is C18H11F3N4O. The van der Waals surface area contributed by atoms with Crippen LogP contribution in [-0.4, -0.2) is 19.4 Å². The van der Waals surface area contributed by atoms with Crippen LogP contribution in [0, 0.1) is 17.5 Å². The zero-order chi connectivity index (χ0) is 18.3. The highest BCUT2D eigenvalue weighted by atomic mass is 19.1. The summed E-state index contributed by atoms with van der Waals surface area (Å²) >= 11 is 0. The molecule has 0 amide bonds. The van der Waals surface area contributed by atoms with Gasteiger partial charge in [0.2, 0.25) is 0 Å². The first-order chi connectivity index (χ1) is 12.5. The van der Waals surface area contributed by atoms with Gasteiger partial charge in [-0.25, -0.2) is 22.4 Å². The molecule has 0 radical (unpaired) electrons. The maximum atomic E-state index is 13.8. The molecule has 8 heteroatoms. The first kappa shape index (κ1) is 16.1. The molecule has 4 rings (SSSR count). The number of fused-ring (bicyclic) bond motifs is 1. The van der Waals surface area contributed by atoms with Crippen LogP contribution in [0.25, 0.3) is 16.8 Å². The number of aromatic nitrogens is 4. The molecular weight excluding hydrogens is 345 g/mol. The van der Waals surface area contributed by atoms with E-state index in [0.717, 1.165) is 22.9 Å². The van der Waals surface area contributed by atoms with E-state index in [2.05, 4.69) is 10.2 Å². The second-order valence-corrected chi connectivity index (χ2v) is 5.70. The topological polar surface area (TPSA) is 52.2 Å². The van der Waals surface area contributed by atoms with E-state index in [1.54, 1.807) is 12.1 Å². The summed E-state index contributed by atoms with van der Waals surface area (Å²) in [5.74, 6) is -1.60. The van der Waals surface area contributed by atoms with Gasteiger partial charge in [0, 0.05) is 11.1 Å². The molecule has 0 aliphatic rings. The van der Waals surface area contributed by atoms with Crippen LogP contribution >= 0.6 is 0 Å². The Balaban J connectivity index is 1.76. The molecule has 0 saturated heterocycles. The van der Waals surface area contributed by atoms with Crippen LogP contribution in [0.4, 0.5) is 13.2 Å². The van der Waals surface area contributed by atoms with Crippen molar-refractivity contribution in [1.29, 1.82) is 0 Å². The van der Waals surface area contributed by atoms with Crippen molar-refractivity contribution < 1.29 is 13.2 Å². The smallest absolute Gasteiger partial charge is 0.265 e. The second kappa shape index (κ2) is 6.14. The zero-order valence-corrected chi connectivity index (χ0v) is 13.2. The predicted octanol–water partition coefficient (Wildman–Crippen LogP) is 3.02. The van der Waals surface area contributed by atoms with Gasteiger partial charge in [0.15, 0.2) is 0 Å². The number of rotatable bonds is 3. The van der Waals surface area contributed by atoms with Crippen LogP contribution < -0.4 is 5.56 Å². The van der Waals surface area contributed by atoms with E-state index in [4.69, 9.17) is 0 Å². The molecule has 0 aliphatic carbocycles. The lowest BCUT2D eigenvalue weighted by Crippen LogP contribution is -2.25. The van der Waals surface area contributed by atoms with Crippen molar-refractivity contribution in [2.75, 3.05) is 0 Å². The van der Waals surface area contributed by atoms with Crippen molar-refractivity contribution in [2.24, 2.45) is 0 Å². The number of halogens is 3. The fourth-order valence-corrected chi connectivity index (χ4v) is 2.64. The Morgan fingerprint density at radius 3 is 2.42 bits per heavy atom. The lowest BCUT2D eigenvalue weighted by Gasteiger charge is -2.06. The number of nitrogens with zero attached hydrogens (tertiary/aromatic N) is 4. The third-order valence-corrected chi connectivity index (χ3v) is 3.96. The molecule has 0 aliphatic heterocycles. The summed E-state index contributed by atoms with van der Waals surface area (Å²) in [7, 11) is 0. The minimum absolute atomic E-state index is 0.0159. The maximum Gasteiger partial charge on any atom is 0.293 e. The van der Waals surface area contributed by atoms with Gasteiger partial charge in [-0.15, -0.1) is 0 Å². The lowest BCUT2D eigenvalue weighted by molar-refractivity contribution is 0.553. The quantitative estimate of drug-likeness (QED) is 0.567. The van der Waals surface area contributed by atoms with Crippen molar-refractivity contribution in [1.82, 2.24) is 19.4 Å². The van der Waals surface area contributed by atoms with Crippen LogP contribution in [-0.2, 0) is 6.54 Å². The van der Waals surface area contributed by atoms with E-state index < -0.39 is 17.2 Å². The first-order valence-electron chi connectivity index (χ1n) is 7.66. The molecule has 0 bridgehead atoms. The van der Waals surface area contributed by atoms with Crippen LogP contribution in [0.3, 0.4) is 0 Å². The molecule has 5 nitrogen and oxygen atoms in total. The Morgan fingerprint density at radius 1 is 0.923 bits per heavy atom. The highest BCUT2D eigenvalue weighted by Crippen LogP contribution is 2.18. The summed E-state index contributed by atoms with van der Waals surface area (Å²) in [5.41, 5.74) is 0.839. The van der Waals surface area contributed by atoms with Crippen molar-refractivity contribution >= 4 is 5.52 Å². The second-order valence-electron chi connectivity index (χ2n) is 5.70. The molecule has 2 heterocycles. The average molecular weight is 356 g/mol. The molecule has 0 atom stereocenters. The van der Waals surface area contributed by atoms with Gasteiger partial charge < -0.3 is 0 Å². The summed E-state index contributed by atoms with van der Waals surface area (Å²) < 4.78 is 42.5. The minimum Gasteiger partial charge on any atom is -0.265 e. The van der Waals surface area contributed by atoms with Crippen LogP contribution in [0.15, 0.2) is 59.7 Å². The van der Waals surface area contributed by atoms with Gasteiger partial charge in [0.25, 0.3) is 5.56 Å². The van der Waals surface area contributed by atoms with Gasteiger partial charge in [0.1, 0.15) is 29.3 Å². The molecule has 2 aromatic carbocycles. The highest BCUT2D eigenvalue weighted by Gasteiger charge is 2.12. The fourth-order valence-electron chi connectivity index (χ4n) is 2.64. The predicted molar refractivity (Wildman–Crippen MR) is 88.1 cm³/mol. The third kappa shape index (κ3) is 2.85. The van der Waals surface area contributed by atoms with Crippen molar-refractivity contribution in [3.8, 4) is 11.3 Å². The first-order valence-corrected chi connectivity index (χ1v) is 7.66. The van der Waals surface area contributed by atoms with E-state index in [0.29, 0.717) is 11.3 Å². The van der Waals surface area contributed by atoms with E-state index in [1.165, 1.54) is 29.0 Å². The van der Waals surface area contributed by atoms with Gasteiger partial charge in [-0.1, -0.05) is 0 Å². The molecule has 130 valence electrons. The molecule has 0 spiro atoms. The highest BCUT2D eigenvalue weighted by molar-refractivity contribution is 5.65. The maximum absolute atomic E-state index is 13.8. The Labute approximate surface area is 144 Å². The summed E-state index contributed by atoms with van der Waals surface area (Å²) in [5, 5.41) is 8.19. The molecule has 26 heavy (non-hydrogen) atoms. The van der Waals surface area contributed by atoms with E-state index >= 15 is 0 Å². The van der Waals surface area contributed by atoms with Crippen LogP contribution in [0.1, 0.15) is 5.56 Å². The summed E-state index contributed by atoms with van der Waals surface area (Å²) in [6.45, 7) is -0.212. The third-order valence-electron chi connectivity index (χ3n) is 3.96. The Bertz CT molecular complexity index is 1170. The molecule has 0 N–H and O–H groups in total. The van der Waals surface area contributed by atoms with Gasteiger partial charge in [-0.05, 0) is 48.5 Å². The zero-order valence-electron chi connectivity index (χ0n) is 13.2. The fraction of sp³-hybridized carbons (Fsp3) is 0.0556. The largest absolute Gasteiger partial charge is 0.293 e. The van der Waals surface area contributed by atoms with E-state index in [1.807, 2.05) is 0 Å². The number of hydrogen-bond donors (Lipinski definition) is 0. The van der Waals surface area contributed by atoms with Crippen molar-refractivity contribution in [2.45, 2.75) is 6.54 Å². The minimum atomic E-state index is -0.625. The van der Waals surface area contributed by atoms with Crippen molar-refractivity contribution in [3.05, 3.63) is 88.2 Å². The summed E-state index contributed by atoms with van der Waals surface area (Å²) in [6, 6.07) is 10.2. The Hall–Kier alpha value is -3.42. The van der Waals surface area contributed by atoms with E-state index in [-0.39, 0.29) is 23.4 Å².